The summed E-state index contributed by atoms with van der Waals surface area (Å²) in [6.45, 7) is 0.419. The second-order valence-electron chi connectivity index (χ2n) is 5.08. The van der Waals surface area contributed by atoms with Crippen LogP contribution >= 0.6 is 22.9 Å². The summed E-state index contributed by atoms with van der Waals surface area (Å²) in [4.78, 5) is 18.2. The average Bonchev–Trinajstić information content (AvgIpc) is 3.08. The molecule has 120 valence electrons. The molecule has 0 unspecified atom stereocenters. The van der Waals surface area contributed by atoms with Gasteiger partial charge in [0.05, 0.1) is 12.2 Å². The number of hydrogen-bond acceptors (Lipinski definition) is 3. The predicted octanol–water partition coefficient (Wildman–Crippen LogP) is 4.79. The van der Waals surface area contributed by atoms with E-state index in [-0.39, 0.29) is 5.91 Å². The van der Waals surface area contributed by atoms with Crippen LogP contribution in [0.15, 0.2) is 66.9 Å². The smallest absolute Gasteiger partial charge is 0.244 e. The summed E-state index contributed by atoms with van der Waals surface area (Å²) >= 11 is 7.64. The van der Waals surface area contributed by atoms with Crippen molar-refractivity contribution in [3.63, 3.8) is 0 Å². The SMILES string of the molecule is O=C(/C=C/c1ccc(-c2cccc(Cl)c2)s1)NCc1ccccn1. The van der Waals surface area contributed by atoms with E-state index in [1.165, 1.54) is 6.08 Å². The predicted molar refractivity (Wildman–Crippen MR) is 99.9 cm³/mol. The van der Waals surface area contributed by atoms with Gasteiger partial charge in [0.15, 0.2) is 0 Å². The highest BCUT2D eigenvalue weighted by atomic mass is 35.5. The number of benzene rings is 1. The lowest BCUT2D eigenvalue weighted by atomic mass is 10.2. The van der Waals surface area contributed by atoms with E-state index in [1.54, 1.807) is 17.5 Å². The molecule has 0 aliphatic carbocycles. The Kier molecular flexibility index (Phi) is 5.41. The Bertz CT molecular complexity index is 859. The number of nitrogens with zero attached hydrogens (tertiary/aromatic N) is 1. The van der Waals surface area contributed by atoms with E-state index in [9.17, 15) is 4.79 Å². The van der Waals surface area contributed by atoms with E-state index in [0.29, 0.717) is 11.6 Å². The molecule has 0 saturated heterocycles. The Hall–Kier alpha value is -2.43. The van der Waals surface area contributed by atoms with Crippen LogP contribution in [0.2, 0.25) is 5.02 Å². The molecule has 5 heteroatoms. The first-order chi connectivity index (χ1) is 11.7. The zero-order valence-corrected chi connectivity index (χ0v) is 14.3. The van der Waals surface area contributed by atoms with Gasteiger partial charge in [-0.25, -0.2) is 0 Å². The van der Waals surface area contributed by atoms with Gasteiger partial charge < -0.3 is 5.32 Å². The molecule has 0 atom stereocenters. The standard InChI is InChI=1S/C19H15ClN2OS/c20-15-5-3-4-14(12-15)18-9-7-17(24-18)8-10-19(23)22-13-16-6-1-2-11-21-16/h1-12H,13H2,(H,22,23)/b10-8+. The van der Waals surface area contributed by atoms with E-state index in [4.69, 9.17) is 11.6 Å². The number of rotatable bonds is 5. The summed E-state index contributed by atoms with van der Waals surface area (Å²) in [5.41, 5.74) is 1.91. The van der Waals surface area contributed by atoms with Gasteiger partial charge in [0, 0.05) is 27.0 Å². The van der Waals surface area contributed by atoms with Crippen molar-refractivity contribution in [1.82, 2.24) is 10.3 Å². The van der Waals surface area contributed by atoms with Crippen LogP contribution in [0, 0.1) is 0 Å². The van der Waals surface area contributed by atoms with Crippen molar-refractivity contribution in [2.45, 2.75) is 6.54 Å². The molecular weight excluding hydrogens is 340 g/mol. The maximum Gasteiger partial charge on any atom is 0.244 e. The van der Waals surface area contributed by atoms with Crippen LogP contribution in [-0.2, 0) is 11.3 Å². The van der Waals surface area contributed by atoms with Crippen molar-refractivity contribution in [3.8, 4) is 10.4 Å². The van der Waals surface area contributed by atoms with E-state index < -0.39 is 0 Å². The first-order valence-corrected chi connectivity index (χ1v) is 8.62. The number of pyridine rings is 1. The maximum atomic E-state index is 11.9. The second-order valence-corrected chi connectivity index (χ2v) is 6.64. The molecule has 2 aromatic heterocycles. The zero-order chi connectivity index (χ0) is 16.8. The molecule has 0 aliphatic rings. The molecule has 3 rings (SSSR count). The Morgan fingerprint density at radius 3 is 2.88 bits per heavy atom. The highest BCUT2D eigenvalue weighted by Crippen LogP contribution is 2.30. The quantitative estimate of drug-likeness (QED) is 0.669. The lowest BCUT2D eigenvalue weighted by Crippen LogP contribution is -2.20. The van der Waals surface area contributed by atoms with Crippen LogP contribution < -0.4 is 5.32 Å². The average molecular weight is 355 g/mol. The number of nitrogens with one attached hydrogen (secondary N) is 1. The van der Waals surface area contributed by atoms with Crippen molar-refractivity contribution in [2.24, 2.45) is 0 Å². The Morgan fingerprint density at radius 2 is 2.08 bits per heavy atom. The van der Waals surface area contributed by atoms with Crippen LogP contribution in [-0.4, -0.2) is 10.9 Å². The molecule has 0 aliphatic heterocycles. The van der Waals surface area contributed by atoms with Crippen molar-refractivity contribution in [3.05, 3.63) is 82.5 Å². The van der Waals surface area contributed by atoms with Gasteiger partial charge in [-0.05, 0) is 48.0 Å². The second kappa shape index (κ2) is 7.90. The fourth-order valence-electron chi connectivity index (χ4n) is 2.14. The molecular formula is C19H15ClN2OS. The molecule has 0 bridgehead atoms. The minimum Gasteiger partial charge on any atom is -0.347 e. The molecule has 3 nitrogen and oxygen atoms in total. The summed E-state index contributed by atoms with van der Waals surface area (Å²) in [6, 6.07) is 17.4. The van der Waals surface area contributed by atoms with Crippen LogP contribution in [0.5, 0.6) is 0 Å². The van der Waals surface area contributed by atoms with Gasteiger partial charge in [0.25, 0.3) is 0 Å². The number of carbonyl (C=O) groups excluding carboxylic acids is 1. The lowest BCUT2D eigenvalue weighted by Gasteiger charge is -2.00. The van der Waals surface area contributed by atoms with Crippen molar-refractivity contribution < 1.29 is 4.79 Å². The first-order valence-electron chi connectivity index (χ1n) is 7.42. The Morgan fingerprint density at radius 1 is 1.17 bits per heavy atom. The highest BCUT2D eigenvalue weighted by Gasteiger charge is 2.03. The van der Waals surface area contributed by atoms with Crippen LogP contribution in [0.25, 0.3) is 16.5 Å². The summed E-state index contributed by atoms with van der Waals surface area (Å²) < 4.78 is 0. The lowest BCUT2D eigenvalue weighted by molar-refractivity contribution is -0.116. The number of thiophene rings is 1. The monoisotopic (exact) mass is 354 g/mol. The molecule has 0 fully saturated rings. The summed E-state index contributed by atoms with van der Waals surface area (Å²) in [5.74, 6) is -0.140. The minimum atomic E-state index is -0.140. The first kappa shape index (κ1) is 16.4. The fraction of sp³-hybridized carbons (Fsp3) is 0.0526. The van der Waals surface area contributed by atoms with Crippen molar-refractivity contribution in [1.29, 1.82) is 0 Å². The van der Waals surface area contributed by atoms with Crippen molar-refractivity contribution in [2.75, 3.05) is 0 Å². The third-order valence-electron chi connectivity index (χ3n) is 3.30. The van der Waals surface area contributed by atoms with E-state index in [2.05, 4.69) is 10.3 Å². The molecule has 1 N–H and O–H groups in total. The largest absolute Gasteiger partial charge is 0.347 e. The van der Waals surface area contributed by atoms with Gasteiger partial charge in [-0.2, -0.15) is 0 Å². The molecule has 24 heavy (non-hydrogen) atoms. The number of hydrogen-bond donors (Lipinski definition) is 1. The molecule has 0 spiro atoms. The van der Waals surface area contributed by atoms with E-state index >= 15 is 0 Å². The molecule has 2 heterocycles. The Balaban J connectivity index is 1.59. The Labute approximate surface area is 149 Å². The summed E-state index contributed by atoms with van der Waals surface area (Å²) in [6.07, 6.45) is 5.06. The third kappa shape index (κ3) is 4.54. The fourth-order valence-corrected chi connectivity index (χ4v) is 3.23. The zero-order valence-electron chi connectivity index (χ0n) is 12.8. The number of carbonyl (C=O) groups is 1. The van der Waals surface area contributed by atoms with Crippen LogP contribution in [0.4, 0.5) is 0 Å². The van der Waals surface area contributed by atoms with Crippen molar-refractivity contribution >= 4 is 34.9 Å². The topological polar surface area (TPSA) is 42.0 Å². The van der Waals surface area contributed by atoms with Gasteiger partial charge in [0.2, 0.25) is 5.91 Å². The van der Waals surface area contributed by atoms with Gasteiger partial charge in [-0.15, -0.1) is 11.3 Å². The van der Waals surface area contributed by atoms with Gasteiger partial charge in [0.1, 0.15) is 0 Å². The highest BCUT2D eigenvalue weighted by molar-refractivity contribution is 7.16. The van der Waals surface area contributed by atoms with E-state index in [1.807, 2.05) is 60.7 Å². The van der Waals surface area contributed by atoms with Crippen LogP contribution in [0.3, 0.4) is 0 Å². The molecule has 0 radical (unpaired) electrons. The molecule has 3 aromatic rings. The van der Waals surface area contributed by atoms with E-state index in [0.717, 1.165) is 21.0 Å². The maximum absolute atomic E-state index is 11.9. The van der Waals surface area contributed by atoms with Crippen LogP contribution in [0.1, 0.15) is 10.6 Å². The van der Waals surface area contributed by atoms with Gasteiger partial charge >= 0.3 is 0 Å². The van der Waals surface area contributed by atoms with Gasteiger partial charge in [-0.1, -0.05) is 29.8 Å². The molecule has 1 amide bonds. The molecule has 0 saturated carbocycles. The number of amides is 1. The molecule has 1 aromatic carbocycles. The summed E-state index contributed by atoms with van der Waals surface area (Å²) in [5, 5.41) is 3.53. The minimum absolute atomic E-state index is 0.140. The normalized spacial score (nSPS) is 10.9. The summed E-state index contributed by atoms with van der Waals surface area (Å²) in [7, 11) is 0. The third-order valence-corrected chi connectivity index (χ3v) is 4.64. The van der Waals surface area contributed by atoms with Gasteiger partial charge in [-0.3, -0.25) is 9.78 Å². The number of halogens is 1. The number of aromatic nitrogens is 1.